The average molecular weight is 379 g/mol. The predicted octanol–water partition coefficient (Wildman–Crippen LogP) is 2.46. The van der Waals surface area contributed by atoms with E-state index in [0.29, 0.717) is 28.5 Å². The SMILES string of the molecule is CNC(=O)c1cc(Nc2ncc3cnn(Cc4ccccc4F)c3n2)cn1C. The Balaban J connectivity index is 1.63. The van der Waals surface area contributed by atoms with Gasteiger partial charge in [0.25, 0.3) is 5.91 Å². The number of aryl methyl sites for hydroxylation is 1. The third kappa shape index (κ3) is 3.29. The van der Waals surface area contributed by atoms with Gasteiger partial charge in [0.15, 0.2) is 5.65 Å². The first-order valence-electron chi connectivity index (χ1n) is 8.62. The molecule has 0 unspecified atom stereocenters. The normalized spacial score (nSPS) is 11.0. The van der Waals surface area contributed by atoms with Gasteiger partial charge in [-0.15, -0.1) is 0 Å². The van der Waals surface area contributed by atoms with Crippen LogP contribution in [0.25, 0.3) is 11.0 Å². The van der Waals surface area contributed by atoms with Crippen LogP contribution < -0.4 is 10.6 Å². The number of aromatic nitrogens is 5. The lowest BCUT2D eigenvalue weighted by atomic mass is 10.2. The van der Waals surface area contributed by atoms with Crippen LogP contribution in [-0.4, -0.2) is 37.3 Å². The number of nitrogens with one attached hydrogen (secondary N) is 2. The van der Waals surface area contributed by atoms with E-state index in [1.807, 2.05) is 0 Å². The maximum absolute atomic E-state index is 14.0. The molecule has 3 aromatic heterocycles. The zero-order chi connectivity index (χ0) is 19.7. The minimum Gasteiger partial charge on any atom is -0.354 e. The number of anilines is 2. The van der Waals surface area contributed by atoms with Crippen molar-refractivity contribution in [2.24, 2.45) is 7.05 Å². The Hall–Kier alpha value is -3.75. The number of halogens is 1. The van der Waals surface area contributed by atoms with E-state index in [1.54, 1.807) is 66.2 Å². The summed E-state index contributed by atoms with van der Waals surface area (Å²) in [7, 11) is 3.36. The number of benzene rings is 1. The summed E-state index contributed by atoms with van der Waals surface area (Å²) in [6.07, 6.45) is 5.07. The van der Waals surface area contributed by atoms with Crippen molar-refractivity contribution in [2.45, 2.75) is 6.54 Å². The van der Waals surface area contributed by atoms with Crippen molar-refractivity contribution in [3.05, 3.63) is 66.0 Å². The first-order chi connectivity index (χ1) is 13.5. The highest BCUT2D eigenvalue weighted by Gasteiger charge is 2.13. The molecule has 2 N–H and O–H groups in total. The van der Waals surface area contributed by atoms with Crippen LogP contribution in [0, 0.1) is 5.82 Å². The van der Waals surface area contributed by atoms with Gasteiger partial charge in [0, 0.05) is 32.1 Å². The molecule has 0 radical (unpaired) electrons. The van der Waals surface area contributed by atoms with E-state index in [2.05, 4.69) is 25.7 Å². The van der Waals surface area contributed by atoms with Gasteiger partial charge in [-0.1, -0.05) is 18.2 Å². The Morgan fingerprint density at radius 2 is 2.07 bits per heavy atom. The summed E-state index contributed by atoms with van der Waals surface area (Å²) >= 11 is 0. The Bertz CT molecular complexity index is 1160. The number of fused-ring (bicyclic) bond motifs is 1. The van der Waals surface area contributed by atoms with Crippen molar-refractivity contribution in [1.82, 2.24) is 29.6 Å². The molecule has 28 heavy (non-hydrogen) atoms. The molecule has 0 aliphatic heterocycles. The number of rotatable bonds is 5. The highest BCUT2D eigenvalue weighted by molar-refractivity contribution is 5.93. The lowest BCUT2D eigenvalue weighted by Gasteiger charge is -2.06. The molecule has 142 valence electrons. The standard InChI is InChI=1S/C19H18FN7O/c1-21-18(28)16-7-14(11-26(16)2)24-19-22-8-13-9-23-27(17(13)25-19)10-12-5-3-4-6-15(12)20/h3-9,11H,10H2,1-2H3,(H,21,28)(H,22,24,25). The van der Waals surface area contributed by atoms with Crippen molar-refractivity contribution >= 4 is 28.6 Å². The number of amides is 1. The molecular formula is C19H18FN7O. The fourth-order valence-electron chi connectivity index (χ4n) is 2.95. The summed E-state index contributed by atoms with van der Waals surface area (Å²) in [5.41, 5.74) is 2.30. The van der Waals surface area contributed by atoms with E-state index < -0.39 is 0 Å². The van der Waals surface area contributed by atoms with Crippen molar-refractivity contribution in [3.63, 3.8) is 0 Å². The predicted molar refractivity (Wildman–Crippen MR) is 103 cm³/mol. The molecule has 0 fully saturated rings. The van der Waals surface area contributed by atoms with Crippen LogP contribution in [0.5, 0.6) is 0 Å². The summed E-state index contributed by atoms with van der Waals surface area (Å²) in [6.45, 7) is 0.263. The Morgan fingerprint density at radius 3 is 2.86 bits per heavy atom. The molecule has 0 atom stereocenters. The Kier molecular flexibility index (Phi) is 4.48. The van der Waals surface area contributed by atoms with E-state index in [0.717, 1.165) is 5.39 Å². The van der Waals surface area contributed by atoms with Gasteiger partial charge in [-0.3, -0.25) is 4.79 Å². The number of carbonyl (C=O) groups is 1. The highest BCUT2D eigenvalue weighted by Crippen LogP contribution is 2.19. The molecule has 3 heterocycles. The second kappa shape index (κ2) is 7.10. The number of nitrogens with zero attached hydrogens (tertiary/aromatic N) is 5. The van der Waals surface area contributed by atoms with Crippen LogP contribution in [-0.2, 0) is 13.6 Å². The van der Waals surface area contributed by atoms with Gasteiger partial charge >= 0.3 is 0 Å². The zero-order valence-electron chi connectivity index (χ0n) is 15.3. The molecule has 9 heteroatoms. The van der Waals surface area contributed by atoms with Crippen LogP contribution in [0.1, 0.15) is 16.1 Å². The fraction of sp³-hybridized carbons (Fsp3) is 0.158. The summed E-state index contributed by atoms with van der Waals surface area (Å²) in [4.78, 5) is 20.6. The van der Waals surface area contributed by atoms with Crippen LogP contribution >= 0.6 is 0 Å². The van der Waals surface area contributed by atoms with Crippen molar-refractivity contribution in [1.29, 1.82) is 0 Å². The quantitative estimate of drug-likeness (QED) is 0.556. The lowest BCUT2D eigenvalue weighted by Crippen LogP contribution is -2.20. The van der Waals surface area contributed by atoms with Crippen molar-refractivity contribution in [3.8, 4) is 0 Å². The average Bonchev–Trinajstić information content (AvgIpc) is 3.26. The first kappa shape index (κ1) is 17.7. The minimum atomic E-state index is -0.287. The lowest BCUT2D eigenvalue weighted by molar-refractivity contribution is 0.0955. The molecule has 4 aromatic rings. The van der Waals surface area contributed by atoms with Gasteiger partial charge in [0.2, 0.25) is 5.95 Å². The van der Waals surface area contributed by atoms with Gasteiger partial charge in [0.05, 0.1) is 23.8 Å². The summed E-state index contributed by atoms with van der Waals surface area (Å²) in [5.74, 6) is -0.115. The summed E-state index contributed by atoms with van der Waals surface area (Å²) in [6, 6.07) is 8.28. The number of hydrogen-bond donors (Lipinski definition) is 2. The van der Waals surface area contributed by atoms with Crippen LogP contribution in [0.2, 0.25) is 0 Å². The maximum Gasteiger partial charge on any atom is 0.267 e. The van der Waals surface area contributed by atoms with Crippen LogP contribution in [0.4, 0.5) is 16.0 Å². The van der Waals surface area contributed by atoms with Gasteiger partial charge in [0.1, 0.15) is 11.5 Å². The minimum absolute atomic E-state index is 0.185. The van der Waals surface area contributed by atoms with E-state index in [-0.39, 0.29) is 18.3 Å². The van der Waals surface area contributed by atoms with Crippen molar-refractivity contribution in [2.75, 3.05) is 12.4 Å². The molecule has 0 bridgehead atoms. The molecule has 0 aliphatic carbocycles. The molecule has 0 saturated heterocycles. The molecule has 0 spiro atoms. The Morgan fingerprint density at radius 1 is 1.25 bits per heavy atom. The molecule has 0 saturated carbocycles. The monoisotopic (exact) mass is 379 g/mol. The topological polar surface area (TPSA) is 89.7 Å². The second-order valence-electron chi connectivity index (χ2n) is 6.30. The van der Waals surface area contributed by atoms with Gasteiger partial charge in [-0.05, 0) is 12.1 Å². The zero-order valence-corrected chi connectivity index (χ0v) is 15.3. The number of carbonyl (C=O) groups excluding carboxylic acids is 1. The molecule has 4 rings (SSSR count). The third-order valence-corrected chi connectivity index (χ3v) is 4.38. The molecule has 1 amide bonds. The highest BCUT2D eigenvalue weighted by atomic mass is 19.1. The molecular weight excluding hydrogens is 361 g/mol. The van der Waals surface area contributed by atoms with Crippen LogP contribution in [0.15, 0.2) is 48.9 Å². The van der Waals surface area contributed by atoms with Gasteiger partial charge < -0.3 is 15.2 Å². The van der Waals surface area contributed by atoms with E-state index >= 15 is 0 Å². The second-order valence-corrected chi connectivity index (χ2v) is 6.30. The maximum atomic E-state index is 14.0. The molecule has 0 aliphatic rings. The smallest absolute Gasteiger partial charge is 0.267 e. The molecule has 8 nitrogen and oxygen atoms in total. The number of hydrogen-bond acceptors (Lipinski definition) is 5. The summed E-state index contributed by atoms with van der Waals surface area (Å²) < 4.78 is 17.3. The van der Waals surface area contributed by atoms with E-state index in [9.17, 15) is 9.18 Å². The van der Waals surface area contributed by atoms with E-state index in [1.165, 1.54) is 6.07 Å². The van der Waals surface area contributed by atoms with Crippen molar-refractivity contribution < 1.29 is 9.18 Å². The fourth-order valence-corrected chi connectivity index (χ4v) is 2.95. The largest absolute Gasteiger partial charge is 0.354 e. The van der Waals surface area contributed by atoms with Crippen LogP contribution in [0.3, 0.4) is 0 Å². The van der Waals surface area contributed by atoms with Gasteiger partial charge in [-0.2, -0.15) is 10.1 Å². The molecule has 1 aromatic carbocycles. The Labute approximate surface area is 160 Å². The van der Waals surface area contributed by atoms with Gasteiger partial charge in [-0.25, -0.2) is 14.1 Å². The third-order valence-electron chi connectivity index (χ3n) is 4.38. The summed E-state index contributed by atoms with van der Waals surface area (Å²) in [5, 5.41) is 10.7. The first-order valence-corrected chi connectivity index (χ1v) is 8.62. The van der Waals surface area contributed by atoms with E-state index in [4.69, 9.17) is 0 Å².